The zero-order chi connectivity index (χ0) is 23.4. The SMILES string of the molecule is Cc1nc(-c2ccccc2)nc(-c2ccccc2Cl)c1NC(=O)Nc1ccc(N(C)C)cc1. The first-order valence-corrected chi connectivity index (χ1v) is 10.8. The van der Waals surface area contributed by atoms with Crippen LogP contribution in [0, 0.1) is 6.92 Å². The molecule has 0 aliphatic heterocycles. The smallest absolute Gasteiger partial charge is 0.323 e. The van der Waals surface area contributed by atoms with Crippen molar-refractivity contribution < 1.29 is 4.79 Å². The van der Waals surface area contributed by atoms with Crippen LogP contribution >= 0.6 is 11.6 Å². The number of hydrogen-bond acceptors (Lipinski definition) is 4. The fourth-order valence-corrected chi connectivity index (χ4v) is 3.63. The van der Waals surface area contributed by atoms with E-state index >= 15 is 0 Å². The standard InChI is InChI=1S/C26H24ClN5O/c1-17-23(31-26(33)29-19-13-15-20(16-14-19)32(2)3)24(21-11-7-8-12-22(21)27)30-25(28-17)18-9-5-4-6-10-18/h4-16H,1-3H3,(H2,29,31,33). The van der Waals surface area contributed by atoms with E-state index in [9.17, 15) is 4.79 Å². The van der Waals surface area contributed by atoms with Crippen LogP contribution in [0.2, 0.25) is 5.02 Å². The van der Waals surface area contributed by atoms with Gasteiger partial charge in [-0.15, -0.1) is 0 Å². The Morgan fingerprint density at radius 3 is 2.18 bits per heavy atom. The number of carbonyl (C=O) groups excluding carboxylic acids is 1. The summed E-state index contributed by atoms with van der Waals surface area (Å²) in [5.74, 6) is 0.563. The second-order valence-corrected chi connectivity index (χ2v) is 8.13. The minimum Gasteiger partial charge on any atom is -0.378 e. The van der Waals surface area contributed by atoms with Crippen LogP contribution in [0.25, 0.3) is 22.6 Å². The highest BCUT2D eigenvalue weighted by Crippen LogP contribution is 2.35. The lowest BCUT2D eigenvalue weighted by molar-refractivity contribution is 0.262. The van der Waals surface area contributed by atoms with Gasteiger partial charge in [0, 0.05) is 36.6 Å². The third-order valence-corrected chi connectivity index (χ3v) is 5.46. The summed E-state index contributed by atoms with van der Waals surface area (Å²) < 4.78 is 0. The maximum Gasteiger partial charge on any atom is 0.323 e. The fraction of sp³-hybridized carbons (Fsp3) is 0.115. The van der Waals surface area contributed by atoms with Crippen molar-refractivity contribution >= 4 is 34.7 Å². The van der Waals surface area contributed by atoms with E-state index in [1.807, 2.05) is 98.7 Å². The quantitative estimate of drug-likeness (QED) is 0.359. The Morgan fingerprint density at radius 2 is 1.52 bits per heavy atom. The van der Waals surface area contributed by atoms with Gasteiger partial charge in [-0.05, 0) is 37.3 Å². The van der Waals surface area contributed by atoms with Gasteiger partial charge in [-0.2, -0.15) is 0 Å². The monoisotopic (exact) mass is 457 g/mol. The van der Waals surface area contributed by atoms with E-state index in [0.717, 1.165) is 11.3 Å². The van der Waals surface area contributed by atoms with Crippen molar-refractivity contribution in [2.45, 2.75) is 6.92 Å². The molecule has 0 radical (unpaired) electrons. The molecule has 7 heteroatoms. The highest BCUT2D eigenvalue weighted by Gasteiger charge is 2.18. The van der Waals surface area contributed by atoms with Crippen molar-refractivity contribution in [3.05, 3.63) is 89.6 Å². The third-order valence-electron chi connectivity index (χ3n) is 5.13. The number of anilines is 3. The molecular weight excluding hydrogens is 434 g/mol. The molecule has 0 aliphatic carbocycles. The van der Waals surface area contributed by atoms with Gasteiger partial charge >= 0.3 is 6.03 Å². The van der Waals surface area contributed by atoms with Crippen LogP contribution in [0.3, 0.4) is 0 Å². The van der Waals surface area contributed by atoms with Crippen LogP contribution in [0.1, 0.15) is 5.69 Å². The normalized spacial score (nSPS) is 10.5. The van der Waals surface area contributed by atoms with Gasteiger partial charge in [0.25, 0.3) is 0 Å². The van der Waals surface area contributed by atoms with Crippen molar-refractivity contribution in [2.24, 2.45) is 0 Å². The van der Waals surface area contributed by atoms with Crippen molar-refractivity contribution in [1.82, 2.24) is 9.97 Å². The minimum atomic E-state index is -0.389. The molecule has 0 saturated heterocycles. The van der Waals surface area contributed by atoms with Crippen LogP contribution in [-0.2, 0) is 0 Å². The molecule has 166 valence electrons. The predicted molar refractivity (Wildman–Crippen MR) is 136 cm³/mol. The van der Waals surface area contributed by atoms with Crippen LogP contribution in [0.15, 0.2) is 78.9 Å². The van der Waals surface area contributed by atoms with Crippen LogP contribution in [-0.4, -0.2) is 30.1 Å². The van der Waals surface area contributed by atoms with Crippen LogP contribution < -0.4 is 15.5 Å². The van der Waals surface area contributed by atoms with E-state index in [-0.39, 0.29) is 6.03 Å². The molecule has 4 aromatic rings. The topological polar surface area (TPSA) is 70.1 Å². The van der Waals surface area contributed by atoms with Gasteiger partial charge in [-0.3, -0.25) is 0 Å². The van der Waals surface area contributed by atoms with E-state index in [4.69, 9.17) is 16.6 Å². The Hall–Kier alpha value is -3.90. The molecule has 1 heterocycles. The average Bonchev–Trinajstić information content (AvgIpc) is 2.81. The fourth-order valence-electron chi connectivity index (χ4n) is 3.41. The van der Waals surface area contributed by atoms with E-state index < -0.39 is 0 Å². The summed E-state index contributed by atoms with van der Waals surface area (Å²) in [6.07, 6.45) is 0. The summed E-state index contributed by atoms with van der Waals surface area (Å²) in [7, 11) is 3.93. The lowest BCUT2D eigenvalue weighted by Gasteiger charge is -2.17. The van der Waals surface area contributed by atoms with Gasteiger partial charge in [0.15, 0.2) is 5.82 Å². The van der Waals surface area contributed by atoms with Crippen LogP contribution in [0.4, 0.5) is 21.9 Å². The number of carbonyl (C=O) groups is 1. The summed E-state index contributed by atoms with van der Waals surface area (Å²) in [6, 6.07) is 24.3. The Labute approximate surface area is 198 Å². The minimum absolute atomic E-state index is 0.389. The lowest BCUT2D eigenvalue weighted by Crippen LogP contribution is -2.21. The van der Waals surface area contributed by atoms with Crippen LogP contribution in [0.5, 0.6) is 0 Å². The number of aryl methyl sites for hydroxylation is 1. The summed E-state index contributed by atoms with van der Waals surface area (Å²) >= 11 is 6.50. The van der Waals surface area contributed by atoms with Crippen molar-refractivity contribution in [2.75, 3.05) is 29.6 Å². The molecule has 6 nitrogen and oxygen atoms in total. The molecule has 3 aromatic carbocycles. The first-order chi connectivity index (χ1) is 15.9. The molecule has 4 rings (SSSR count). The molecule has 2 N–H and O–H groups in total. The second-order valence-electron chi connectivity index (χ2n) is 7.72. The van der Waals surface area contributed by atoms with Crippen molar-refractivity contribution in [3.63, 3.8) is 0 Å². The highest BCUT2D eigenvalue weighted by atomic mass is 35.5. The first kappa shape index (κ1) is 22.3. The molecule has 2 amide bonds. The Bertz CT molecular complexity index is 1270. The Balaban J connectivity index is 1.69. The largest absolute Gasteiger partial charge is 0.378 e. The number of amides is 2. The number of halogens is 1. The molecule has 0 saturated carbocycles. The van der Waals surface area contributed by atoms with E-state index in [0.29, 0.717) is 39.2 Å². The molecular formula is C26H24ClN5O. The molecule has 0 bridgehead atoms. The number of aromatic nitrogens is 2. The number of nitrogens with one attached hydrogen (secondary N) is 2. The van der Waals surface area contributed by atoms with Gasteiger partial charge in [-0.1, -0.05) is 60.1 Å². The summed E-state index contributed by atoms with van der Waals surface area (Å²) in [6.45, 7) is 1.84. The maximum absolute atomic E-state index is 12.9. The molecule has 1 aromatic heterocycles. The van der Waals surface area contributed by atoms with Gasteiger partial charge in [0.1, 0.15) is 0 Å². The molecule has 0 unspecified atom stereocenters. The maximum atomic E-state index is 12.9. The zero-order valence-corrected chi connectivity index (χ0v) is 19.4. The molecule has 33 heavy (non-hydrogen) atoms. The Kier molecular flexibility index (Phi) is 6.56. The van der Waals surface area contributed by atoms with Crippen molar-refractivity contribution in [1.29, 1.82) is 0 Å². The second kappa shape index (κ2) is 9.71. The van der Waals surface area contributed by atoms with Gasteiger partial charge < -0.3 is 15.5 Å². The van der Waals surface area contributed by atoms with Gasteiger partial charge in [0.05, 0.1) is 22.1 Å². The predicted octanol–water partition coefficient (Wildman–Crippen LogP) is 6.48. The summed E-state index contributed by atoms with van der Waals surface area (Å²) in [5.41, 5.74) is 5.02. The van der Waals surface area contributed by atoms with Gasteiger partial charge in [0.2, 0.25) is 0 Å². The Morgan fingerprint density at radius 1 is 0.848 bits per heavy atom. The number of urea groups is 1. The van der Waals surface area contributed by atoms with E-state index in [2.05, 4.69) is 15.6 Å². The summed E-state index contributed by atoms with van der Waals surface area (Å²) in [5, 5.41) is 6.33. The zero-order valence-electron chi connectivity index (χ0n) is 18.6. The number of nitrogens with zero attached hydrogens (tertiary/aromatic N) is 3. The lowest BCUT2D eigenvalue weighted by atomic mass is 10.1. The number of benzene rings is 3. The molecule has 0 spiro atoms. The number of rotatable bonds is 5. The number of hydrogen-bond donors (Lipinski definition) is 2. The molecule has 0 atom stereocenters. The average molecular weight is 458 g/mol. The summed E-state index contributed by atoms with van der Waals surface area (Å²) in [4.78, 5) is 24.3. The van der Waals surface area contributed by atoms with Gasteiger partial charge in [-0.25, -0.2) is 14.8 Å². The highest BCUT2D eigenvalue weighted by molar-refractivity contribution is 6.33. The third kappa shape index (κ3) is 5.13. The van der Waals surface area contributed by atoms with E-state index in [1.165, 1.54) is 0 Å². The van der Waals surface area contributed by atoms with Crippen molar-refractivity contribution in [3.8, 4) is 22.6 Å². The van der Waals surface area contributed by atoms with E-state index in [1.54, 1.807) is 6.07 Å². The molecule has 0 aliphatic rings. The first-order valence-electron chi connectivity index (χ1n) is 10.5. The molecule has 0 fully saturated rings.